The first-order chi connectivity index (χ1) is 12.3. The van der Waals surface area contributed by atoms with Crippen molar-refractivity contribution in [2.45, 2.75) is 67.2 Å². The molecule has 0 amide bonds. The van der Waals surface area contributed by atoms with E-state index in [1.165, 1.54) is 16.1 Å². The lowest BCUT2D eigenvalue weighted by atomic mass is 10.1. The average Bonchev–Trinajstić information content (AvgIpc) is 2.97. The molecule has 26 heavy (non-hydrogen) atoms. The van der Waals surface area contributed by atoms with Crippen molar-refractivity contribution in [1.82, 2.24) is 4.98 Å². The Balaban J connectivity index is 0.000000437. The molecular formula is C23H35NOS. The fourth-order valence-corrected chi connectivity index (χ4v) is 3.22. The van der Waals surface area contributed by atoms with Crippen LogP contribution < -0.4 is 0 Å². The van der Waals surface area contributed by atoms with E-state index in [4.69, 9.17) is 0 Å². The minimum Gasteiger partial charge on any atom is -0.300 e. The van der Waals surface area contributed by atoms with Crippen LogP contribution in [0.25, 0.3) is 10.2 Å². The molecular weight excluding hydrogens is 338 g/mol. The highest BCUT2D eigenvalue weighted by Crippen LogP contribution is 2.24. The first-order valence-electron chi connectivity index (χ1n) is 9.46. The summed E-state index contributed by atoms with van der Waals surface area (Å²) in [5.41, 5.74) is 2.26. The number of benzene rings is 1. The van der Waals surface area contributed by atoms with Crippen LogP contribution in [0.3, 0.4) is 0 Å². The van der Waals surface area contributed by atoms with Crippen LogP contribution in [-0.2, 0) is 11.2 Å². The van der Waals surface area contributed by atoms with Gasteiger partial charge in [-0.2, -0.15) is 0 Å². The molecule has 0 fully saturated rings. The summed E-state index contributed by atoms with van der Waals surface area (Å²) in [5.74, 6) is 1.04. The van der Waals surface area contributed by atoms with E-state index in [2.05, 4.69) is 49.7 Å². The van der Waals surface area contributed by atoms with Crippen LogP contribution in [0.15, 0.2) is 48.6 Å². The Morgan fingerprint density at radius 2 is 1.92 bits per heavy atom. The fourth-order valence-electron chi connectivity index (χ4n) is 2.09. The molecule has 144 valence electrons. The first kappa shape index (κ1) is 24.3. The lowest BCUT2D eigenvalue weighted by molar-refractivity contribution is -0.117. The van der Waals surface area contributed by atoms with Gasteiger partial charge in [-0.25, -0.2) is 4.98 Å². The Bertz CT molecular complexity index is 651. The lowest BCUT2D eigenvalue weighted by Crippen LogP contribution is -1.96. The topological polar surface area (TPSA) is 30.0 Å². The zero-order valence-electron chi connectivity index (χ0n) is 17.3. The largest absolute Gasteiger partial charge is 0.300 e. The Morgan fingerprint density at radius 1 is 1.27 bits per heavy atom. The van der Waals surface area contributed by atoms with Gasteiger partial charge >= 0.3 is 0 Å². The van der Waals surface area contributed by atoms with Crippen molar-refractivity contribution in [3.05, 3.63) is 53.6 Å². The van der Waals surface area contributed by atoms with Crippen LogP contribution >= 0.6 is 11.3 Å². The third-order valence-electron chi connectivity index (χ3n) is 3.61. The third kappa shape index (κ3) is 11.8. The molecule has 1 aromatic heterocycles. The summed E-state index contributed by atoms with van der Waals surface area (Å²) >= 11 is 1.83. The highest BCUT2D eigenvalue weighted by atomic mass is 32.1. The van der Waals surface area contributed by atoms with Crippen molar-refractivity contribution in [2.75, 3.05) is 0 Å². The summed E-state index contributed by atoms with van der Waals surface area (Å²) in [6.07, 6.45) is 8.02. The Morgan fingerprint density at radius 3 is 2.31 bits per heavy atom. The summed E-state index contributed by atoms with van der Waals surface area (Å²) in [6.45, 7) is 15.7. The molecule has 3 heteroatoms. The van der Waals surface area contributed by atoms with Gasteiger partial charge in [-0.3, -0.25) is 0 Å². The number of fused-ring (bicyclic) bond motifs is 1. The molecule has 0 N–H and O–H groups in total. The normalized spacial score (nSPS) is 11.3. The SMILES string of the molecule is C=C(C)/C=C\C.CCC(C)Cc1nc2ccccc2s1.CCCC(C)=O. The Labute approximate surface area is 164 Å². The molecule has 1 unspecified atom stereocenters. The van der Waals surface area contributed by atoms with Gasteiger partial charge in [-0.15, -0.1) is 11.3 Å². The van der Waals surface area contributed by atoms with E-state index in [9.17, 15) is 4.79 Å². The number of carbonyl (C=O) groups excluding carboxylic acids is 1. The Kier molecular flexibility index (Phi) is 13.5. The van der Waals surface area contributed by atoms with Crippen molar-refractivity contribution >= 4 is 27.3 Å². The number of nitrogens with zero attached hydrogens (tertiary/aromatic N) is 1. The van der Waals surface area contributed by atoms with E-state index in [1.807, 2.05) is 44.3 Å². The predicted molar refractivity (Wildman–Crippen MR) is 118 cm³/mol. The molecule has 1 atom stereocenters. The van der Waals surface area contributed by atoms with Crippen LogP contribution in [-0.4, -0.2) is 10.8 Å². The number of allylic oxidation sites excluding steroid dienone is 3. The molecule has 1 heterocycles. The standard InChI is InChI=1S/C12H15NS.C6H10.C5H10O/c1-3-9(2)8-12-13-10-6-4-5-7-11(10)14-12;1-4-5-6(2)3;1-3-4-5(2)6/h4-7,9H,3,8H2,1-2H3;4-5H,2H2,1,3H3;3-4H2,1-2H3/b;5-4-;. The quantitative estimate of drug-likeness (QED) is 0.494. The molecule has 0 aliphatic carbocycles. The molecule has 0 aliphatic heterocycles. The summed E-state index contributed by atoms with van der Waals surface area (Å²) in [6, 6.07) is 8.36. The minimum atomic E-state index is 0.289. The van der Waals surface area contributed by atoms with Gasteiger partial charge < -0.3 is 4.79 Å². The van der Waals surface area contributed by atoms with E-state index < -0.39 is 0 Å². The number of rotatable bonds is 6. The zero-order chi connectivity index (χ0) is 19.9. The zero-order valence-corrected chi connectivity index (χ0v) is 18.2. The fraction of sp³-hybridized carbons (Fsp3) is 0.478. The summed E-state index contributed by atoms with van der Waals surface area (Å²) in [7, 11) is 0. The molecule has 2 rings (SSSR count). The van der Waals surface area contributed by atoms with Gasteiger partial charge in [0.25, 0.3) is 0 Å². The number of ketones is 1. The van der Waals surface area contributed by atoms with Crippen molar-refractivity contribution in [1.29, 1.82) is 0 Å². The van der Waals surface area contributed by atoms with Gasteiger partial charge in [0.1, 0.15) is 5.78 Å². The number of para-hydroxylation sites is 1. The van der Waals surface area contributed by atoms with Crippen LogP contribution in [0.2, 0.25) is 0 Å². The molecule has 0 saturated heterocycles. The monoisotopic (exact) mass is 373 g/mol. The second-order valence-corrected chi connectivity index (χ2v) is 7.71. The molecule has 2 aromatic rings. The van der Waals surface area contributed by atoms with Crippen LogP contribution in [0, 0.1) is 5.92 Å². The smallest absolute Gasteiger partial charge is 0.129 e. The second kappa shape index (κ2) is 14.4. The van der Waals surface area contributed by atoms with Gasteiger partial charge in [0.2, 0.25) is 0 Å². The molecule has 0 saturated carbocycles. The van der Waals surface area contributed by atoms with Crippen molar-refractivity contribution < 1.29 is 4.79 Å². The summed E-state index contributed by atoms with van der Waals surface area (Å²) in [4.78, 5) is 14.7. The first-order valence-corrected chi connectivity index (χ1v) is 10.3. The molecule has 0 aliphatic rings. The molecule has 0 bridgehead atoms. The Hall–Kier alpha value is -1.74. The highest BCUT2D eigenvalue weighted by molar-refractivity contribution is 7.18. The summed E-state index contributed by atoms with van der Waals surface area (Å²) < 4.78 is 1.31. The van der Waals surface area contributed by atoms with E-state index in [-0.39, 0.29) is 5.78 Å². The van der Waals surface area contributed by atoms with Crippen molar-refractivity contribution in [3.8, 4) is 0 Å². The molecule has 0 radical (unpaired) electrons. The molecule has 1 aromatic carbocycles. The summed E-state index contributed by atoms with van der Waals surface area (Å²) in [5, 5.41) is 1.28. The number of thiazole rings is 1. The van der Waals surface area contributed by atoms with E-state index in [0.29, 0.717) is 0 Å². The van der Waals surface area contributed by atoms with E-state index >= 15 is 0 Å². The number of hydrogen-bond donors (Lipinski definition) is 0. The maximum atomic E-state index is 10.0. The van der Waals surface area contributed by atoms with Crippen LogP contribution in [0.5, 0.6) is 0 Å². The van der Waals surface area contributed by atoms with Crippen molar-refractivity contribution in [3.63, 3.8) is 0 Å². The van der Waals surface area contributed by atoms with E-state index in [0.717, 1.165) is 36.3 Å². The van der Waals surface area contributed by atoms with Gasteiger partial charge in [0, 0.05) is 12.8 Å². The van der Waals surface area contributed by atoms with Gasteiger partial charge in [0.05, 0.1) is 15.2 Å². The average molecular weight is 374 g/mol. The highest BCUT2D eigenvalue weighted by Gasteiger charge is 2.06. The molecule has 2 nitrogen and oxygen atoms in total. The third-order valence-corrected chi connectivity index (χ3v) is 4.67. The number of carbonyl (C=O) groups is 1. The number of aromatic nitrogens is 1. The van der Waals surface area contributed by atoms with Gasteiger partial charge in [0.15, 0.2) is 0 Å². The number of hydrogen-bond acceptors (Lipinski definition) is 3. The van der Waals surface area contributed by atoms with Crippen LogP contribution in [0.1, 0.15) is 65.8 Å². The van der Waals surface area contributed by atoms with Gasteiger partial charge in [-0.1, -0.05) is 63.6 Å². The second-order valence-electron chi connectivity index (χ2n) is 6.59. The van der Waals surface area contributed by atoms with Crippen molar-refractivity contribution in [2.24, 2.45) is 5.92 Å². The van der Waals surface area contributed by atoms with Crippen LogP contribution in [0.4, 0.5) is 0 Å². The minimum absolute atomic E-state index is 0.289. The maximum absolute atomic E-state index is 10.0. The lowest BCUT2D eigenvalue weighted by Gasteiger charge is -2.03. The molecule has 0 spiro atoms. The predicted octanol–water partition coefficient (Wildman–Crippen LogP) is 7.40. The van der Waals surface area contributed by atoms with Gasteiger partial charge in [-0.05, 0) is 45.2 Å². The van der Waals surface area contributed by atoms with E-state index in [1.54, 1.807) is 6.92 Å². The number of Topliss-reactive ketones (excluding diaryl/α,β-unsaturated/α-hetero) is 1. The maximum Gasteiger partial charge on any atom is 0.129 e.